The fourth-order valence-electron chi connectivity index (χ4n) is 2.29. The van der Waals surface area contributed by atoms with E-state index in [4.69, 9.17) is 0 Å². The molecule has 0 aliphatic rings. The van der Waals surface area contributed by atoms with Crippen LogP contribution < -0.4 is 10.2 Å². The van der Waals surface area contributed by atoms with Crippen LogP contribution in [0.5, 0.6) is 0 Å². The van der Waals surface area contributed by atoms with E-state index in [-0.39, 0.29) is 5.82 Å². The van der Waals surface area contributed by atoms with Crippen molar-refractivity contribution in [1.29, 1.82) is 0 Å². The minimum atomic E-state index is -0.257. The predicted octanol–water partition coefficient (Wildman–Crippen LogP) is 3.41. The molecule has 0 atom stereocenters. The smallest absolute Gasteiger partial charge is 0.170 e. The first-order valence-corrected chi connectivity index (χ1v) is 6.80. The van der Waals surface area contributed by atoms with Crippen LogP contribution in [0.3, 0.4) is 0 Å². The van der Waals surface area contributed by atoms with Crippen molar-refractivity contribution in [2.24, 2.45) is 0 Å². The number of benzene rings is 1. The molecule has 0 fully saturated rings. The van der Waals surface area contributed by atoms with Crippen LogP contribution in [0.25, 0.3) is 0 Å². The van der Waals surface area contributed by atoms with Gasteiger partial charge in [0.1, 0.15) is 0 Å². The second-order valence-electron chi connectivity index (χ2n) is 4.67. The van der Waals surface area contributed by atoms with Crippen LogP contribution in [0.2, 0.25) is 0 Å². The van der Waals surface area contributed by atoms with Gasteiger partial charge in [0, 0.05) is 30.5 Å². The molecule has 106 valence electrons. The van der Waals surface area contributed by atoms with Gasteiger partial charge in [0.2, 0.25) is 0 Å². The Balaban J connectivity index is 2.48. The lowest BCUT2D eigenvalue weighted by molar-refractivity contribution is 0.593. The molecular weight excluding hydrogens is 253 g/mol. The zero-order valence-corrected chi connectivity index (χ0v) is 12.2. The number of aryl methyl sites for hydroxylation is 1. The van der Waals surface area contributed by atoms with Gasteiger partial charge in [-0.15, -0.1) is 0 Å². The van der Waals surface area contributed by atoms with Gasteiger partial charge in [0.05, 0.1) is 0 Å². The molecule has 2 aromatic rings. The molecule has 4 heteroatoms. The summed E-state index contributed by atoms with van der Waals surface area (Å²) in [6.07, 6.45) is 1.66. The number of pyridine rings is 1. The van der Waals surface area contributed by atoms with Crippen LogP contribution in [-0.4, -0.2) is 18.6 Å². The van der Waals surface area contributed by atoms with Crippen LogP contribution in [0.1, 0.15) is 18.1 Å². The van der Waals surface area contributed by atoms with E-state index in [9.17, 15) is 4.39 Å². The number of para-hydroxylation sites is 1. The van der Waals surface area contributed by atoms with Crippen LogP contribution in [0.4, 0.5) is 15.9 Å². The summed E-state index contributed by atoms with van der Waals surface area (Å²) >= 11 is 0. The van der Waals surface area contributed by atoms with Gasteiger partial charge in [0.25, 0.3) is 0 Å². The average molecular weight is 273 g/mol. The molecule has 0 unspecified atom stereocenters. The van der Waals surface area contributed by atoms with E-state index in [0.717, 1.165) is 11.3 Å². The molecule has 0 radical (unpaired) electrons. The summed E-state index contributed by atoms with van der Waals surface area (Å²) in [5.41, 5.74) is 2.72. The van der Waals surface area contributed by atoms with Gasteiger partial charge in [-0.25, -0.2) is 9.37 Å². The van der Waals surface area contributed by atoms with Crippen molar-refractivity contribution in [1.82, 2.24) is 10.3 Å². The van der Waals surface area contributed by atoms with Gasteiger partial charge in [-0.1, -0.05) is 18.2 Å². The molecule has 1 aromatic heterocycles. The summed E-state index contributed by atoms with van der Waals surface area (Å²) in [7, 11) is 1.80. The topological polar surface area (TPSA) is 28.2 Å². The molecule has 3 nitrogen and oxygen atoms in total. The second-order valence-corrected chi connectivity index (χ2v) is 4.67. The zero-order chi connectivity index (χ0) is 14.5. The summed E-state index contributed by atoms with van der Waals surface area (Å²) in [5, 5.41) is 2.97. The summed E-state index contributed by atoms with van der Waals surface area (Å²) < 4.78 is 14.6. The maximum atomic E-state index is 14.6. The van der Waals surface area contributed by atoms with Crippen LogP contribution in [0.15, 0.2) is 36.5 Å². The lowest BCUT2D eigenvalue weighted by atomic mass is 10.1. The number of hydrogen-bond donors (Lipinski definition) is 1. The number of anilines is 2. The van der Waals surface area contributed by atoms with Crippen molar-refractivity contribution in [3.63, 3.8) is 0 Å². The van der Waals surface area contributed by atoms with Gasteiger partial charge >= 0.3 is 0 Å². The SMILES string of the molecule is CCN(c1ccccc1C)c1nccc(CNC)c1F. The number of aromatic nitrogens is 1. The third kappa shape index (κ3) is 2.80. The zero-order valence-electron chi connectivity index (χ0n) is 12.2. The normalized spacial score (nSPS) is 10.6. The van der Waals surface area contributed by atoms with Crippen molar-refractivity contribution in [3.05, 3.63) is 53.5 Å². The van der Waals surface area contributed by atoms with E-state index in [1.807, 2.05) is 43.0 Å². The highest BCUT2D eigenvalue weighted by Gasteiger charge is 2.17. The Kier molecular flexibility index (Phi) is 4.69. The summed E-state index contributed by atoms with van der Waals surface area (Å²) in [6.45, 7) is 5.18. The summed E-state index contributed by atoms with van der Waals surface area (Å²) in [5.74, 6) is 0.126. The highest BCUT2D eigenvalue weighted by atomic mass is 19.1. The van der Waals surface area contributed by atoms with E-state index < -0.39 is 0 Å². The Morgan fingerprint density at radius 1 is 1.25 bits per heavy atom. The Hall–Kier alpha value is -1.94. The minimum absolute atomic E-state index is 0.257. The Labute approximate surface area is 119 Å². The fourth-order valence-corrected chi connectivity index (χ4v) is 2.29. The lowest BCUT2D eigenvalue weighted by Crippen LogP contribution is -2.21. The molecule has 20 heavy (non-hydrogen) atoms. The van der Waals surface area contributed by atoms with E-state index in [2.05, 4.69) is 10.3 Å². The van der Waals surface area contributed by atoms with Gasteiger partial charge in [0.15, 0.2) is 11.6 Å². The van der Waals surface area contributed by atoms with Gasteiger partial charge in [-0.2, -0.15) is 0 Å². The largest absolute Gasteiger partial charge is 0.324 e. The number of nitrogens with zero attached hydrogens (tertiary/aromatic N) is 2. The van der Waals surface area contributed by atoms with Crippen molar-refractivity contribution in [2.75, 3.05) is 18.5 Å². The molecule has 0 bridgehead atoms. The van der Waals surface area contributed by atoms with Crippen molar-refractivity contribution < 1.29 is 4.39 Å². The van der Waals surface area contributed by atoms with Crippen molar-refractivity contribution >= 4 is 11.5 Å². The first kappa shape index (κ1) is 14.5. The number of hydrogen-bond acceptors (Lipinski definition) is 3. The molecule has 0 saturated carbocycles. The molecule has 0 saturated heterocycles. The lowest BCUT2D eigenvalue weighted by Gasteiger charge is -2.25. The maximum absolute atomic E-state index is 14.6. The molecule has 0 aliphatic heterocycles. The molecular formula is C16H20FN3. The van der Waals surface area contributed by atoms with E-state index in [0.29, 0.717) is 24.5 Å². The molecule has 2 rings (SSSR count). The Morgan fingerprint density at radius 2 is 2.00 bits per heavy atom. The summed E-state index contributed by atoms with van der Waals surface area (Å²) in [4.78, 5) is 6.14. The Bertz CT molecular complexity index is 584. The summed E-state index contributed by atoms with van der Waals surface area (Å²) in [6, 6.07) is 9.66. The molecule has 1 heterocycles. The highest BCUT2D eigenvalue weighted by molar-refractivity contribution is 5.64. The molecule has 0 aliphatic carbocycles. The van der Waals surface area contributed by atoms with Crippen LogP contribution in [0, 0.1) is 12.7 Å². The fraction of sp³-hybridized carbons (Fsp3) is 0.312. The third-order valence-corrected chi connectivity index (χ3v) is 3.30. The van der Waals surface area contributed by atoms with Gasteiger partial charge < -0.3 is 10.2 Å². The second kappa shape index (κ2) is 6.48. The first-order valence-electron chi connectivity index (χ1n) is 6.80. The minimum Gasteiger partial charge on any atom is -0.324 e. The van der Waals surface area contributed by atoms with Gasteiger partial charge in [-0.05, 0) is 38.6 Å². The van der Waals surface area contributed by atoms with Gasteiger partial charge in [-0.3, -0.25) is 0 Å². The van der Waals surface area contributed by atoms with Crippen molar-refractivity contribution in [2.45, 2.75) is 20.4 Å². The number of halogens is 1. The number of nitrogens with one attached hydrogen (secondary N) is 1. The quantitative estimate of drug-likeness (QED) is 0.905. The molecule has 1 N–H and O–H groups in total. The molecule has 0 spiro atoms. The molecule has 1 aromatic carbocycles. The van der Waals surface area contributed by atoms with E-state index in [1.54, 1.807) is 19.3 Å². The van der Waals surface area contributed by atoms with Crippen LogP contribution >= 0.6 is 0 Å². The van der Waals surface area contributed by atoms with Crippen LogP contribution in [-0.2, 0) is 6.54 Å². The number of rotatable bonds is 5. The first-order chi connectivity index (χ1) is 9.69. The van der Waals surface area contributed by atoms with Crippen molar-refractivity contribution in [3.8, 4) is 0 Å². The highest BCUT2D eigenvalue weighted by Crippen LogP contribution is 2.29. The Morgan fingerprint density at radius 3 is 2.65 bits per heavy atom. The third-order valence-electron chi connectivity index (χ3n) is 3.30. The van der Waals surface area contributed by atoms with E-state index in [1.165, 1.54) is 0 Å². The maximum Gasteiger partial charge on any atom is 0.170 e. The molecule has 0 amide bonds. The standard InChI is InChI=1S/C16H20FN3/c1-4-20(14-8-6-5-7-12(14)2)16-15(17)13(11-18-3)9-10-19-16/h5-10,18H,4,11H2,1-3H3. The van der Waals surface area contributed by atoms with E-state index >= 15 is 0 Å². The average Bonchev–Trinajstić information content (AvgIpc) is 2.45. The monoisotopic (exact) mass is 273 g/mol. The predicted molar refractivity (Wildman–Crippen MR) is 80.8 cm³/mol.